The summed E-state index contributed by atoms with van der Waals surface area (Å²) in [6, 6.07) is 6.49. The molecule has 16 heavy (non-hydrogen) atoms. The second-order valence-electron chi connectivity index (χ2n) is 3.75. The van der Waals surface area contributed by atoms with Crippen molar-refractivity contribution in [1.82, 2.24) is 9.78 Å². The highest BCUT2D eigenvalue weighted by atomic mass is 19.1. The van der Waals surface area contributed by atoms with Crippen molar-refractivity contribution in [3.63, 3.8) is 0 Å². The lowest BCUT2D eigenvalue weighted by atomic mass is 10.0. The third-order valence-corrected chi connectivity index (χ3v) is 2.65. The Hall–Kier alpha value is -1.68. The van der Waals surface area contributed by atoms with Crippen LogP contribution in [0.1, 0.15) is 11.4 Å². The molecule has 1 heterocycles. The van der Waals surface area contributed by atoms with Gasteiger partial charge in [0.05, 0.1) is 11.4 Å². The number of aromatic nitrogens is 2. The first-order valence-electron chi connectivity index (χ1n) is 5.12. The Balaban J connectivity index is 2.63. The highest BCUT2D eigenvalue weighted by Gasteiger charge is 2.13. The van der Waals surface area contributed by atoms with E-state index in [9.17, 15) is 4.39 Å². The molecule has 4 heteroatoms. The van der Waals surface area contributed by atoms with E-state index in [0.717, 1.165) is 22.5 Å². The third-order valence-electron chi connectivity index (χ3n) is 2.65. The van der Waals surface area contributed by atoms with Crippen LogP contribution in [-0.4, -0.2) is 9.78 Å². The van der Waals surface area contributed by atoms with Crippen LogP contribution < -0.4 is 5.73 Å². The van der Waals surface area contributed by atoms with Gasteiger partial charge in [0.2, 0.25) is 0 Å². The fraction of sp³-hybridized carbons (Fsp3) is 0.250. The molecule has 0 fully saturated rings. The van der Waals surface area contributed by atoms with Crippen LogP contribution in [0, 0.1) is 12.7 Å². The molecule has 84 valence electrons. The van der Waals surface area contributed by atoms with Gasteiger partial charge in [-0.3, -0.25) is 4.68 Å². The van der Waals surface area contributed by atoms with Crippen LogP contribution in [0.3, 0.4) is 0 Å². The molecule has 0 aliphatic rings. The largest absolute Gasteiger partial charge is 0.325 e. The van der Waals surface area contributed by atoms with Gasteiger partial charge in [-0.05, 0) is 24.6 Å². The van der Waals surface area contributed by atoms with Gasteiger partial charge in [0.25, 0.3) is 0 Å². The summed E-state index contributed by atoms with van der Waals surface area (Å²) in [5, 5.41) is 4.30. The van der Waals surface area contributed by atoms with Crippen molar-refractivity contribution in [1.29, 1.82) is 0 Å². The number of halogens is 1. The number of benzene rings is 1. The first kappa shape index (κ1) is 10.8. The molecule has 3 nitrogen and oxygen atoms in total. The predicted octanol–water partition coefficient (Wildman–Crippen LogP) is 1.99. The van der Waals surface area contributed by atoms with Crippen LogP contribution in [0.25, 0.3) is 11.1 Å². The van der Waals surface area contributed by atoms with Gasteiger partial charge in [-0.15, -0.1) is 0 Å². The van der Waals surface area contributed by atoms with Gasteiger partial charge in [-0.2, -0.15) is 5.10 Å². The molecule has 0 amide bonds. The van der Waals surface area contributed by atoms with E-state index < -0.39 is 0 Å². The van der Waals surface area contributed by atoms with Gasteiger partial charge < -0.3 is 5.73 Å². The molecule has 0 aliphatic carbocycles. The zero-order valence-electron chi connectivity index (χ0n) is 9.37. The molecule has 0 bridgehead atoms. The summed E-state index contributed by atoms with van der Waals surface area (Å²) in [6.45, 7) is 2.29. The lowest BCUT2D eigenvalue weighted by molar-refractivity contribution is 0.628. The molecule has 2 aromatic rings. The van der Waals surface area contributed by atoms with Crippen molar-refractivity contribution in [2.24, 2.45) is 12.8 Å². The summed E-state index contributed by atoms with van der Waals surface area (Å²) in [7, 11) is 1.85. The summed E-state index contributed by atoms with van der Waals surface area (Å²) in [6.07, 6.45) is 0. The predicted molar refractivity (Wildman–Crippen MR) is 61.2 cm³/mol. The van der Waals surface area contributed by atoms with Gasteiger partial charge in [-0.1, -0.05) is 12.1 Å². The Morgan fingerprint density at radius 2 is 2.19 bits per heavy atom. The third kappa shape index (κ3) is 1.72. The Morgan fingerprint density at radius 3 is 2.81 bits per heavy atom. The normalized spacial score (nSPS) is 10.8. The van der Waals surface area contributed by atoms with Crippen LogP contribution in [-0.2, 0) is 13.6 Å². The fourth-order valence-electron chi connectivity index (χ4n) is 1.96. The molecule has 1 aromatic carbocycles. The van der Waals surface area contributed by atoms with E-state index in [4.69, 9.17) is 5.73 Å². The molecule has 0 atom stereocenters. The quantitative estimate of drug-likeness (QED) is 0.839. The Kier molecular flexibility index (Phi) is 2.75. The molecular weight excluding hydrogens is 205 g/mol. The minimum atomic E-state index is -0.247. The second kappa shape index (κ2) is 4.06. The standard InChI is InChI=1S/C12H14FN3/c1-8-12(11(7-14)16(2)15-8)9-4-3-5-10(13)6-9/h3-6H,7,14H2,1-2H3. The molecule has 2 rings (SSSR count). The molecule has 0 spiro atoms. The molecule has 0 unspecified atom stereocenters. The van der Waals surface area contributed by atoms with Crippen LogP contribution in [0.15, 0.2) is 24.3 Å². The number of hydrogen-bond acceptors (Lipinski definition) is 2. The molecular formula is C12H14FN3. The van der Waals surface area contributed by atoms with Crippen molar-refractivity contribution >= 4 is 0 Å². The van der Waals surface area contributed by atoms with Crippen molar-refractivity contribution in [2.75, 3.05) is 0 Å². The van der Waals surface area contributed by atoms with Crippen molar-refractivity contribution in [3.05, 3.63) is 41.5 Å². The van der Waals surface area contributed by atoms with Crippen molar-refractivity contribution in [2.45, 2.75) is 13.5 Å². The summed E-state index contributed by atoms with van der Waals surface area (Å²) in [5.74, 6) is -0.247. The van der Waals surface area contributed by atoms with Gasteiger partial charge >= 0.3 is 0 Å². The summed E-state index contributed by atoms with van der Waals surface area (Å²) in [5.41, 5.74) is 9.23. The van der Waals surface area contributed by atoms with Crippen molar-refractivity contribution in [3.8, 4) is 11.1 Å². The smallest absolute Gasteiger partial charge is 0.123 e. The first-order chi connectivity index (χ1) is 7.63. The number of nitrogens with two attached hydrogens (primary N) is 1. The van der Waals surface area contributed by atoms with Crippen LogP contribution in [0.4, 0.5) is 4.39 Å². The fourth-order valence-corrected chi connectivity index (χ4v) is 1.96. The van der Waals surface area contributed by atoms with E-state index >= 15 is 0 Å². The van der Waals surface area contributed by atoms with Crippen LogP contribution in [0.2, 0.25) is 0 Å². The zero-order valence-corrected chi connectivity index (χ0v) is 9.37. The van der Waals surface area contributed by atoms with Crippen LogP contribution in [0.5, 0.6) is 0 Å². The molecule has 0 saturated heterocycles. The van der Waals surface area contributed by atoms with Crippen molar-refractivity contribution < 1.29 is 4.39 Å². The van der Waals surface area contributed by atoms with E-state index in [1.807, 2.05) is 20.0 Å². The summed E-state index contributed by atoms with van der Waals surface area (Å²) >= 11 is 0. The number of hydrogen-bond donors (Lipinski definition) is 1. The monoisotopic (exact) mass is 219 g/mol. The Morgan fingerprint density at radius 1 is 1.44 bits per heavy atom. The molecule has 0 radical (unpaired) electrons. The lowest BCUT2D eigenvalue weighted by Gasteiger charge is -2.04. The Bertz CT molecular complexity index is 517. The average Bonchev–Trinajstić information content (AvgIpc) is 2.52. The SMILES string of the molecule is Cc1nn(C)c(CN)c1-c1cccc(F)c1. The molecule has 1 aromatic heterocycles. The van der Waals surface area contributed by atoms with E-state index in [1.165, 1.54) is 12.1 Å². The van der Waals surface area contributed by atoms with E-state index in [0.29, 0.717) is 6.54 Å². The summed E-state index contributed by atoms with van der Waals surface area (Å²) in [4.78, 5) is 0. The average molecular weight is 219 g/mol. The van der Waals surface area contributed by atoms with E-state index in [1.54, 1.807) is 10.7 Å². The topological polar surface area (TPSA) is 43.8 Å². The number of nitrogens with zero attached hydrogens (tertiary/aromatic N) is 2. The minimum absolute atomic E-state index is 0.247. The highest BCUT2D eigenvalue weighted by Crippen LogP contribution is 2.27. The maximum atomic E-state index is 13.2. The van der Waals surface area contributed by atoms with Crippen LogP contribution >= 0.6 is 0 Å². The maximum absolute atomic E-state index is 13.2. The minimum Gasteiger partial charge on any atom is -0.325 e. The highest BCUT2D eigenvalue weighted by molar-refractivity contribution is 5.68. The van der Waals surface area contributed by atoms with Gasteiger partial charge in [0, 0.05) is 19.2 Å². The molecule has 0 aliphatic heterocycles. The zero-order chi connectivity index (χ0) is 11.7. The van der Waals surface area contributed by atoms with Gasteiger partial charge in [0.15, 0.2) is 0 Å². The van der Waals surface area contributed by atoms with Gasteiger partial charge in [-0.25, -0.2) is 4.39 Å². The first-order valence-corrected chi connectivity index (χ1v) is 5.12. The number of aryl methyl sites for hydroxylation is 2. The van der Waals surface area contributed by atoms with E-state index in [2.05, 4.69) is 5.10 Å². The van der Waals surface area contributed by atoms with E-state index in [-0.39, 0.29) is 5.82 Å². The maximum Gasteiger partial charge on any atom is 0.123 e. The number of rotatable bonds is 2. The Labute approximate surface area is 93.7 Å². The summed E-state index contributed by atoms with van der Waals surface area (Å²) < 4.78 is 14.9. The molecule has 2 N–H and O–H groups in total. The lowest BCUT2D eigenvalue weighted by Crippen LogP contribution is -2.05. The van der Waals surface area contributed by atoms with Gasteiger partial charge in [0.1, 0.15) is 5.82 Å². The second-order valence-corrected chi connectivity index (χ2v) is 3.75. The molecule has 0 saturated carbocycles.